The lowest BCUT2D eigenvalue weighted by atomic mass is 9.95. The standard InChI is InChI=1S/C12H15FN/c1-2-3-11-7-5-9-4-6-10(13)8-12(9)14-11/h4,6,8,11,14H,1-3,5,7H2. The van der Waals surface area contributed by atoms with E-state index in [1.807, 2.05) is 6.07 Å². The summed E-state index contributed by atoms with van der Waals surface area (Å²) in [6.45, 7) is 3.84. The smallest absolute Gasteiger partial charge is 0.125 e. The molecule has 0 saturated heterocycles. The second kappa shape index (κ2) is 3.99. The van der Waals surface area contributed by atoms with Gasteiger partial charge in [-0.3, -0.25) is 0 Å². The van der Waals surface area contributed by atoms with E-state index in [0.717, 1.165) is 31.4 Å². The highest BCUT2D eigenvalue weighted by Crippen LogP contribution is 2.26. The minimum absolute atomic E-state index is 0.161. The molecule has 1 aromatic carbocycles. The Morgan fingerprint density at radius 3 is 3.14 bits per heavy atom. The highest BCUT2D eigenvalue weighted by molar-refractivity contribution is 5.54. The molecule has 75 valence electrons. The van der Waals surface area contributed by atoms with Crippen LogP contribution in [0.2, 0.25) is 0 Å². The third-order valence-electron chi connectivity index (χ3n) is 2.75. The molecular formula is C12H15FN. The van der Waals surface area contributed by atoms with Gasteiger partial charge in [0, 0.05) is 11.7 Å². The molecule has 1 aliphatic heterocycles. The number of aryl methyl sites for hydroxylation is 1. The van der Waals surface area contributed by atoms with Crippen molar-refractivity contribution in [1.29, 1.82) is 0 Å². The van der Waals surface area contributed by atoms with Crippen LogP contribution in [-0.4, -0.2) is 6.04 Å². The SMILES string of the molecule is [CH2]CCC1CCc2ccc(F)cc2N1. The Labute approximate surface area is 84.3 Å². The van der Waals surface area contributed by atoms with E-state index >= 15 is 0 Å². The lowest BCUT2D eigenvalue weighted by Crippen LogP contribution is -2.25. The largest absolute Gasteiger partial charge is 0.382 e. The van der Waals surface area contributed by atoms with Gasteiger partial charge in [0.2, 0.25) is 0 Å². The maximum atomic E-state index is 13.0. The summed E-state index contributed by atoms with van der Waals surface area (Å²) in [5, 5.41) is 3.36. The third-order valence-corrected chi connectivity index (χ3v) is 2.75. The Hall–Kier alpha value is -1.05. The van der Waals surface area contributed by atoms with Crippen LogP contribution in [-0.2, 0) is 6.42 Å². The van der Waals surface area contributed by atoms with Crippen LogP contribution >= 0.6 is 0 Å². The number of anilines is 1. The molecule has 0 fully saturated rings. The van der Waals surface area contributed by atoms with Crippen LogP contribution in [0.3, 0.4) is 0 Å². The number of hydrogen-bond acceptors (Lipinski definition) is 1. The first-order valence-corrected chi connectivity index (χ1v) is 5.14. The first kappa shape index (κ1) is 9.50. The zero-order chi connectivity index (χ0) is 9.97. The van der Waals surface area contributed by atoms with Crippen molar-refractivity contribution in [3.63, 3.8) is 0 Å². The van der Waals surface area contributed by atoms with Gasteiger partial charge in [-0.2, -0.15) is 0 Å². The summed E-state index contributed by atoms with van der Waals surface area (Å²) in [5.41, 5.74) is 2.20. The first-order chi connectivity index (χ1) is 6.79. The molecule has 2 heteroatoms. The molecule has 1 N–H and O–H groups in total. The fraction of sp³-hybridized carbons (Fsp3) is 0.417. The van der Waals surface area contributed by atoms with Crippen molar-refractivity contribution in [2.45, 2.75) is 31.7 Å². The average molecular weight is 192 g/mol. The predicted molar refractivity (Wildman–Crippen MR) is 56.7 cm³/mol. The number of nitrogens with one attached hydrogen (secondary N) is 1. The Morgan fingerprint density at radius 1 is 1.50 bits per heavy atom. The molecule has 1 atom stereocenters. The summed E-state index contributed by atoms with van der Waals surface area (Å²) in [5.74, 6) is -0.161. The van der Waals surface area contributed by atoms with Crippen LogP contribution < -0.4 is 5.32 Å². The van der Waals surface area contributed by atoms with E-state index in [9.17, 15) is 4.39 Å². The number of rotatable bonds is 2. The van der Waals surface area contributed by atoms with Crippen molar-refractivity contribution < 1.29 is 4.39 Å². The van der Waals surface area contributed by atoms with Crippen LogP contribution in [0.15, 0.2) is 18.2 Å². The Balaban J connectivity index is 2.16. The highest BCUT2D eigenvalue weighted by Gasteiger charge is 2.16. The number of hydrogen-bond donors (Lipinski definition) is 1. The minimum Gasteiger partial charge on any atom is -0.382 e. The van der Waals surface area contributed by atoms with E-state index in [1.54, 1.807) is 6.07 Å². The summed E-state index contributed by atoms with van der Waals surface area (Å²) in [4.78, 5) is 0. The molecule has 2 rings (SSSR count). The van der Waals surface area contributed by atoms with Gasteiger partial charge in [-0.15, -0.1) is 0 Å². The topological polar surface area (TPSA) is 12.0 Å². The van der Waals surface area contributed by atoms with Crippen molar-refractivity contribution >= 4 is 5.69 Å². The van der Waals surface area contributed by atoms with E-state index in [2.05, 4.69) is 12.2 Å². The van der Waals surface area contributed by atoms with Gasteiger partial charge in [0.1, 0.15) is 5.82 Å². The van der Waals surface area contributed by atoms with Crippen molar-refractivity contribution in [2.75, 3.05) is 5.32 Å². The lowest BCUT2D eigenvalue weighted by Gasteiger charge is -2.26. The van der Waals surface area contributed by atoms with Crippen molar-refractivity contribution in [2.24, 2.45) is 0 Å². The molecule has 0 amide bonds. The second-order valence-electron chi connectivity index (χ2n) is 3.82. The van der Waals surface area contributed by atoms with Crippen LogP contribution in [0.1, 0.15) is 24.8 Å². The van der Waals surface area contributed by atoms with E-state index < -0.39 is 0 Å². The normalized spacial score (nSPS) is 20.0. The quantitative estimate of drug-likeness (QED) is 0.759. The molecule has 14 heavy (non-hydrogen) atoms. The maximum Gasteiger partial charge on any atom is 0.125 e. The average Bonchev–Trinajstić information content (AvgIpc) is 2.17. The van der Waals surface area contributed by atoms with Gasteiger partial charge in [0.25, 0.3) is 0 Å². The molecule has 1 unspecified atom stereocenters. The number of halogens is 1. The summed E-state index contributed by atoms with van der Waals surface area (Å²) >= 11 is 0. The van der Waals surface area contributed by atoms with Crippen molar-refractivity contribution in [1.82, 2.24) is 0 Å². The monoisotopic (exact) mass is 192 g/mol. The molecular weight excluding hydrogens is 177 g/mol. The highest BCUT2D eigenvalue weighted by atomic mass is 19.1. The molecule has 1 radical (unpaired) electrons. The van der Waals surface area contributed by atoms with E-state index in [0.29, 0.717) is 6.04 Å². The van der Waals surface area contributed by atoms with Crippen LogP contribution in [0.5, 0.6) is 0 Å². The second-order valence-corrected chi connectivity index (χ2v) is 3.82. The Morgan fingerprint density at radius 2 is 2.36 bits per heavy atom. The van der Waals surface area contributed by atoms with Crippen LogP contribution in [0, 0.1) is 12.7 Å². The number of benzene rings is 1. The zero-order valence-electron chi connectivity index (χ0n) is 8.22. The van der Waals surface area contributed by atoms with Gasteiger partial charge in [-0.25, -0.2) is 4.39 Å². The van der Waals surface area contributed by atoms with E-state index in [4.69, 9.17) is 0 Å². The van der Waals surface area contributed by atoms with Gasteiger partial charge in [0.05, 0.1) is 0 Å². The fourth-order valence-corrected chi connectivity index (χ4v) is 1.99. The van der Waals surface area contributed by atoms with Crippen molar-refractivity contribution in [3.8, 4) is 0 Å². The summed E-state index contributed by atoms with van der Waals surface area (Å²) in [7, 11) is 0. The molecule has 0 aromatic heterocycles. The summed E-state index contributed by atoms with van der Waals surface area (Å²) in [6, 6.07) is 5.46. The molecule has 1 aromatic rings. The molecule has 1 nitrogen and oxygen atoms in total. The van der Waals surface area contributed by atoms with Gasteiger partial charge in [-0.1, -0.05) is 19.4 Å². The lowest BCUT2D eigenvalue weighted by molar-refractivity contribution is 0.584. The van der Waals surface area contributed by atoms with E-state index in [-0.39, 0.29) is 5.82 Å². The fourth-order valence-electron chi connectivity index (χ4n) is 1.99. The molecule has 0 bridgehead atoms. The predicted octanol–water partition coefficient (Wildman–Crippen LogP) is 3.17. The first-order valence-electron chi connectivity index (χ1n) is 5.14. The van der Waals surface area contributed by atoms with Crippen LogP contribution in [0.4, 0.5) is 10.1 Å². The van der Waals surface area contributed by atoms with Gasteiger partial charge in [-0.05, 0) is 37.0 Å². The van der Waals surface area contributed by atoms with E-state index in [1.165, 1.54) is 11.6 Å². The third kappa shape index (κ3) is 1.89. The molecule has 1 heterocycles. The molecule has 0 saturated carbocycles. The Bertz CT molecular complexity index is 322. The summed E-state index contributed by atoms with van der Waals surface area (Å²) in [6.07, 6.45) is 4.18. The van der Waals surface area contributed by atoms with Gasteiger partial charge >= 0.3 is 0 Å². The maximum absolute atomic E-state index is 13.0. The molecule has 1 aliphatic rings. The molecule has 0 aliphatic carbocycles. The minimum atomic E-state index is -0.161. The van der Waals surface area contributed by atoms with Gasteiger partial charge in [0.15, 0.2) is 0 Å². The number of fused-ring (bicyclic) bond motifs is 1. The summed E-state index contributed by atoms with van der Waals surface area (Å²) < 4.78 is 13.0. The van der Waals surface area contributed by atoms with Crippen molar-refractivity contribution in [3.05, 3.63) is 36.5 Å². The molecule has 0 spiro atoms. The zero-order valence-corrected chi connectivity index (χ0v) is 8.22. The van der Waals surface area contributed by atoms with Crippen LogP contribution in [0.25, 0.3) is 0 Å². The Kier molecular flexibility index (Phi) is 2.71. The van der Waals surface area contributed by atoms with Gasteiger partial charge < -0.3 is 5.32 Å².